The zero-order valence-corrected chi connectivity index (χ0v) is 40.7. The molecule has 0 saturated carbocycles. The first-order valence-electron chi connectivity index (χ1n) is 25.3. The molecule has 358 valence electrons. The molecule has 0 aliphatic carbocycles. The number of hydrogen-bond acceptors (Lipinski definition) is 6. The lowest BCUT2D eigenvalue weighted by atomic mass is 10.1. The van der Waals surface area contributed by atoms with E-state index in [2.05, 4.69) is 99.8 Å². The molecular formula is C58H90O6. The van der Waals surface area contributed by atoms with Gasteiger partial charge < -0.3 is 14.2 Å². The van der Waals surface area contributed by atoms with Crippen molar-refractivity contribution in [1.29, 1.82) is 0 Å². The molecule has 0 heterocycles. The standard InChI is InChI=1S/C58H90O6/c1-4-7-10-13-16-19-22-25-27-28-29-30-31-34-36-39-42-45-48-51-57(60)63-54-55(53-62-56(59)50-47-44-41-38-35-32-24-21-18-15-12-9-6-3)64-58(61)52-49-46-43-40-37-33-26-23-20-17-14-11-8-5-2/h7-12,15-21,24-27,32-33,35,38,41,55H,4-6,13-14,22-23,28-31,34,36-37,39-40,42-54H2,1-3H3/b10-7-,11-8-,12-9-,18-15-,19-16-,20-17-,24-21-,27-25-,33-26-,35-32-,41-38-. The number of carbonyl (C=O) groups is 3. The molecule has 0 aromatic heterocycles. The highest BCUT2D eigenvalue weighted by atomic mass is 16.6. The fraction of sp³-hybridized carbons (Fsp3) is 0.569. The van der Waals surface area contributed by atoms with E-state index in [4.69, 9.17) is 14.2 Å². The maximum absolute atomic E-state index is 12.8. The molecule has 0 fully saturated rings. The maximum atomic E-state index is 12.8. The number of allylic oxidation sites excluding steroid dienone is 22. The number of hydrogen-bond donors (Lipinski definition) is 0. The Bertz CT molecular complexity index is 1430. The number of ether oxygens (including phenoxy) is 3. The zero-order chi connectivity index (χ0) is 46.5. The fourth-order valence-corrected chi connectivity index (χ4v) is 6.32. The second kappa shape index (κ2) is 51.2. The van der Waals surface area contributed by atoms with Gasteiger partial charge in [0.15, 0.2) is 6.10 Å². The summed E-state index contributed by atoms with van der Waals surface area (Å²) in [6, 6.07) is 0. The normalized spacial score (nSPS) is 13.2. The van der Waals surface area contributed by atoms with E-state index in [1.807, 2.05) is 54.7 Å². The van der Waals surface area contributed by atoms with Gasteiger partial charge in [-0.05, 0) is 96.3 Å². The SMILES string of the molecule is CC\C=C/C=C\C=C/C=C\C=C/CCCC(=O)OCC(COC(=O)CCCCCCCCCCC/C=C\C/C=C\C/C=C\CC)OC(=O)CCCCCC/C=C\C/C=C\C/C=C\CC. The minimum atomic E-state index is -0.825. The lowest BCUT2D eigenvalue weighted by Gasteiger charge is -2.18. The third-order valence-electron chi connectivity index (χ3n) is 10.0. The van der Waals surface area contributed by atoms with Crippen LogP contribution < -0.4 is 0 Å². The lowest BCUT2D eigenvalue weighted by molar-refractivity contribution is -0.167. The van der Waals surface area contributed by atoms with Crippen LogP contribution in [0.25, 0.3) is 0 Å². The highest BCUT2D eigenvalue weighted by molar-refractivity contribution is 5.71. The van der Waals surface area contributed by atoms with E-state index >= 15 is 0 Å². The molecule has 64 heavy (non-hydrogen) atoms. The first-order valence-corrected chi connectivity index (χ1v) is 25.3. The molecule has 0 spiro atoms. The fourth-order valence-electron chi connectivity index (χ4n) is 6.32. The molecule has 6 heteroatoms. The molecule has 0 amide bonds. The van der Waals surface area contributed by atoms with E-state index in [1.165, 1.54) is 38.5 Å². The summed E-state index contributed by atoms with van der Waals surface area (Å²) in [4.78, 5) is 37.9. The van der Waals surface area contributed by atoms with Gasteiger partial charge in [-0.15, -0.1) is 0 Å². The Morgan fingerprint density at radius 2 is 0.656 bits per heavy atom. The van der Waals surface area contributed by atoms with Crippen LogP contribution in [0.1, 0.15) is 194 Å². The van der Waals surface area contributed by atoms with Crippen LogP contribution in [-0.4, -0.2) is 37.2 Å². The van der Waals surface area contributed by atoms with Crippen molar-refractivity contribution in [3.63, 3.8) is 0 Å². The molecule has 0 rings (SSSR count). The molecule has 0 aromatic rings. The summed E-state index contributed by atoms with van der Waals surface area (Å²) >= 11 is 0. The van der Waals surface area contributed by atoms with E-state index in [0.717, 1.165) is 109 Å². The molecule has 0 saturated heterocycles. The maximum Gasteiger partial charge on any atom is 0.306 e. The summed E-state index contributed by atoms with van der Waals surface area (Å²) in [5.41, 5.74) is 0. The Morgan fingerprint density at radius 3 is 1.11 bits per heavy atom. The zero-order valence-electron chi connectivity index (χ0n) is 40.7. The molecule has 0 aliphatic heterocycles. The smallest absolute Gasteiger partial charge is 0.306 e. The van der Waals surface area contributed by atoms with Crippen molar-refractivity contribution in [3.05, 3.63) is 134 Å². The van der Waals surface area contributed by atoms with E-state index < -0.39 is 6.10 Å². The summed E-state index contributed by atoms with van der Waals surface area (Å²) in [5.74, 6) is -1.03. The van der Waals surface area contributed by atoms with Crippen molar-refractivity contribution in [3.8, 4) is 0 Å². The van der Waals surface area contributed by atoms with E-state index in [0.29, 0.717) is 12.8 Å². The monoisotopic (exact) mass is 883 g/mol. The van der Waals surface area contributed by atoms with E-state index in [9.17, 15) is 14.4 Å². The van der Waals surface area contributed by atoms with E-state index in [-0.39, 0.29) is 44.0 Å². The van der Waals surface area contributed by atoms with Gasteiger partial charge in [0.05, 0.1) is 0 Å². The van der Waals surface area contributed by atoms with Crippen molar-refractivity contribution >= 4 is 17.9 Å². The second-order valence-corrected chi connectivity index (χ2v) is 16.1. The average Bonchev–Trinajstić information content (AvgIpc) is 3.29. The van der Waals surface area contributed by atoms with Crippen LogP contribution in [0.15, 0.2) is 134 Å². The van der Waals surface area contributed by atoms with Gasteiger partial charge in [-0.3, -0.25) is 14.4 Å². The van der Waals surface area contributed by atoms with Crippen LogP contribution in [0.3, 0.4) is 0 Å². The Kier molecular flexibility index (Phi) is 47.6. The Balaban J connectivity index is 4.51. The van der Waals surface area contributed by atoms with Crippen molar-refractivity contribution in [2.75, 3.05) is 13.2 Å². The third kappa shape index (κ3) is 48.6. The van der Waals surface area contributed by atoms with Crippen LogP contribution in [0, 0.1) is 0 Å². The minimum Gasteiger partial charge on any atom is -0.462 e. The number of esters is 3. The first-order chi connectivity index (χ1) is 31.5. The van der Waals surface area contributed by atoms with Crippen molar-refractivity contribution < 1.29 is 28.6 Å². The predicted molar refractivity (Wildman–Crippen MR) is 274 cm³/mol. The van der Waals surface area contributed by atoms with Crippen molar-refractivity contribution in [1.82, 2.24) is 0 Å². The molecule has 6 nitrogen and oxygen atoms in total. The second-order valence-electron chi connectivity index (χ2n) is 16.1. The summed E-state index contributed by atoms with van der Waals surface area (Å²) in [7, 11) is 0. The predicted octanol–water partition coefficient (Wildman–Crippen LogP) is 16.7. The van der Waals surface area contributed by atoms with Gasteiger partial charge in [0.25, 0.3) is 0 Å². The number of unbranched alkanes of at least 4 members (excludes halogenated alkanes) is 14. The molecule has 0 bridgehead atoms. The summed E-state index contributed by atoms with van der Waals surface area (Å²) in [6.07, 6.45) is 71.6. The molecule has 0 radical (unpaired) electrons. The van der Waals surface area contributed by atoms with Crippen LogP contribution in [0.4, 0.5) is 0 Å². The third-order valence-corrected chi connectivity index (χ3v) is 10.0. The molecule has 1 atom stereocenters. The summed E-state index contributed by atoms with van der Waals surface area (Å²) in [6.45, 7) is 6.16. The van der Waals surface area contributed by atoms with Crippen LogP contribution in [-0.2, 0) is 28.6 Å². The summed E-state index contributed by atoms with van der Waals surface area (Å²) in [5, 5.41) is 0. The van der Waals surface area contributed by atoms with Crippen LogP contribution >= 0.6 is 0 Å². The van der Waals surface area contributed by atoms with Gasteiger partial charge in [-0.1, -0.05) is 212 Å². The van der Waals surface area contributed by atoms with Gasteiger partial charge in [-0.25, -0.2) is 0 Å². The molecule has 0 aromatic carbocycles. The Morgan fingerprint density at radius 1 is 0.328 bits per heavy atom. The van der Waals surface area contributed by atoms with Gasteiger partial charge in [0.1, 0.15) is 13.2 Å². The first kappa shape index (κ1) is 59.5. The molecule has 0 N–H and O–H groups in total. The van der Waals surface area contributed by atoms with Crippen LogP contribution in [0.2, 0.25) is 0 Å². The number of rotatable bonds is 43. The highest BCUT2D eigenvalue weighted by Crippen LogP contribution is 2.13. The van der Waals surface area contributed by atoms with Crippen molar-refractivity contribution in [2.45, 2.75) is 200 Å². The molecule has 1 unspecified atom stereocenters. The topological polar surface area (TPSA) is 78.9 Å². The molecular weight excluding hydrogens is 793 g/mol. The lowest BCUT2D eigenvalue weighted by Crippen LogP contribution is -2.30. The Hall–Kier alpha value is -4.45. The van der Waals surface area contributed by atoms with Gasteiger partial charge in [0, 0.05) is 19.3 Å². The largest absolute Gasteiger partial charge is 0.462 e. The average molecular weight is 883 g/mol. The number of carbonyl (C=O) groups excluding carboxylic acids is 3. The summed E-state index contributed by atoms with van der Waals surface area (Å²) < 4.78 is 16.7. The Labute approximate surface area is 392 Å². The minimum absolute atomic E-state index is 0.118. The quantitative estimate of drug-likeness (QED) is 0.0200. The van der Waals surface area contributed by atoms with Gasteiger partial charge in [0.2, 0.25) is 0 Å². The van der Waals surface area contributed by atoms with Gasteiger partial charge in [-0.2, -0.15) is 0 Å². The van der Waals surface area contributed by atoms with Gasteiger partial charge >= 0.3 is 17.9 Å². The molecule has 0 aliphatic rings. The van der Waals surface area contributed by atoms with E-state index in [1.54, 1.807) is 0 Å². The van der Waals surface area contributed by atoms with Crippen LogP contribution in [0.5, 0.6) is 0 Å². The van der Waals surface area contributed by atoms with Crippen molar-refractivity contribution in [2.24, 2.45) is 0 Å². The highest BCUT2D eigenvalue weighted by Gasteiger charge is 2.19.